The average molecular weight is 265 g/mol. The van der Waals surface area contributed by atoms with Gasteiger partial charge in [-0.1, -0.05) is 0 Å². The highest BCUT2D eigenvalue weighted by Crippen LogP contribution is 2.27. The molecule has 2 heterocycles. The number of Topliss-reactive ketones (excluding diaryl/α,β-unsaturated/α-hetero) is 1. The smallest absolute Gasteiger partial charge is 0.328 e. The molecule has 0 N–H and O–H groups in total. The van der Waals surface area contributed by atoms with Gasteiger partial charge in [0.2, 0.25) is 0 Å². The van der Waals surface area contributed by atoms with Crippen LogP contribution in [-0.4, -0.2) is 30.9 Å². The Labute approximate surface area is 112 Å². The summed E-state index contributed by atoms with van der Waals surface area (Å²) in [6.45, 7) is 4.38. The number of carbonyl (C=O) groups excluding carboxylic acids is 2. The number of carbonyl (C=O) groups is 2. The van der Waals surface area contributed by atoms with Crippen LogP contribution in [0.25, 0.3) is 0 Å². The summed E-state index contributed by atoms with van der Waals surface area (Å²) in [6, 6.07) is 3.09. The summed E-state index contributed by atoms with van der Waals surface area (Å²) >= 11 is 0. The summed E-state index contributed by atoms with van der Waals surface area (Å²) in [5, 5.41) is 0. The van der Waals surface area contributed by atoms with E-state index in [4.69, 9.17) is 9.15 Å². The molecule has 0 amide bonds. The van der Waals surface area contributed by atoms with Gasteiger partial charge in [0, 0.05) is 19.5 Å². The minimum atomic E-state index is -0.306. The Balaban J connectivity index is 2.18. The van der Waals surface area contributed by atoms with E-state index in [0.29, 0.717) is 18.3 Å². The van der Waals surface area contributed by atoms with E-state index in [1.165, 1.54) is 6.92 Å². The van der Waals surface area contributed by atoms with Crippen molar-refractivity contribution >= 4 is 17.6 Å². The van der Waals surface area contributed by atoms with E-state index in [1.54, 1.807) is 19.1 Å². The van der Waals surface area contributed by atoms with Crippen molar-refractivity contribution in [1.29, 1.82) is 0 Å². The third-order valence-electron chi connectivity index (χ3n) is 3.28. The predicted octanol–water partition coefficient (Wildman–Crippen LogP) is 2.40. The van der Waals surface area contributed by atoms with Crippen LogP contribution in [0.15, 0.2) is 16.5 Å². The molecule has 0 aliphatic carbocycles. The van der Waals surface area contributed by atoms with Gasteiger partial charge < -0.3 is 14.1 Å². The zero-order valence-electron chi connectivity index (χ0n) is 11.3. The Morgan fingerprint density at radius 1 is 1.42 bits per heavy atom. The summed E-state index contributed by atoms with van der Waals surface area (Å²) in [5.74, 6) is 0.560. The lowest BCUT2D eigenvalue weighted by molar-refractivity contribution is -0.145. The lowest BCUT2D eigenvalue weighted by Gasteiger charge is -2.33. The number of furan rings is 1. The van der Waals surface area contributed by atoms with Gasteiger partial charge in [0.05, 0.1) is 6.61 Å². The minimum Gasteiger partial charge on any atom is -0.464 e. The van der Waals surface area contributed by atoms with Crippen LogP contribution in [-0.2, 0) is 9.53 Å². The molecule has 1 aromatic heterocycles. The molecule has 2 rings (SSSR count). The first-order valence-corrected chi connectivity index (χ1v) is 6.67. The topological polar surface area (TPSA) is 59.8 Å². The first-order chi connectivity index (χ1) is 9.13. The van der Waals surface area contributed by atoms with Gasteiger partial charge in [-0.15, -0.1) is 0 Å². The first-order valence-electron chi connectivity index (χ1n) is 6.67. The summed E-state index contributed by atoms with van der Waals surface area (Å²) in [6.07, 6.45) is 2.77. The number of esters is 1. The number of ether oxygens (including phenoxy) is 1. The van der Waals surface area contributed by atoms with Crippen molar-refractivity contribution in [2.75, 3.05) is 18.1 Å². The van der Waals surface area contributed by atoms with Crippen LogP contribution in [0.3, 0.4) is 0 Å². The molecule has 1 unspecified atom stereocenters. The molecule has 1 atom stereocenters. The maximum atomic E-state index is 12.0. The molecule has 19 heavy (non-hydrogen) atoms. The molecule has 1 fully saturated rings. The molecule has 5 heteroatoms. The summed E-state index contributed by atoms with van der Waals surface area (Å²) in [5.41, 5.74) is 0. The number of anilines is 1. The van der Waals surface area contributed by atoms with E-state index in [1.807, 2.05) is 4.90 Å². The van der Waals surface area contributed by atoms with E-state index in [-0.39, 0.29) is 17.8 Å². The predicted molar refractivity (Wildman–Crippen MR) is 70.3 cm³/mol. The molecule has 5 nitrogen and oxygen atoms in total. The van der Waals surface area contributed by atoms with Crippen LogP contribution in [0.2, 0.25) is 0 Å². The molecule has 0 bridgehead atoms. The van der Waals surface area contributed by atoms with E-state index < -0.39 is 0 Å². The number of piperidine rings is 1. The third kappa shape index (κ3) is 2.97. The maximum absolute atomic E-state index is 12.0. The van der Waals surface area contributed by atoms with Gasteiger partial charge in [-0.2, -0.15) is 0 Å². The minimum absolute atomic E-state index is 0.115. The van der Waals surface area contributed by atoms with Crippen molar-refractivity contribution < 1.29 is 18.7 Å². The molecular formula is C14H19NO4. The molecule has 1 saturated heterocycles. The molecule has 0 radical (unpaired) electrons. The number of hydrogen-bond donors (Lipinski definition) is 0. The Kier molecular flexibility index (Phi) is 4.24. The van der Waals surface area contributed by atoms with Crippen molar-refractivity contribution in [1.82, 2.24) is 0 Å². The molecule has 1 aliphatic rings. The highest BCUT2D eigenvalue weighted by molar-refractivity contribution is 5.91. The van der Waals surface area contributed by atoms with E-state index in [2.05, 4.69) is 0 Å². The Morgan fingerprint density at radius 3 is 2.84 bits per heavy atom. The summed E-state index contributed by atoms with van der Waals surface area (Å²) in [4.78, 5) is 25.1. The van der Waals surface area contributed by atoms with Gasteiger partial charge >= 0.3 is 5.97 Å². The standard InChI is InChI=1S/C14H19NO4/c1-3-18-14(17)11-6-4-5-9-15(11)13-8-7-12(19-13)10(2)16/h7-8,11H,3-6,9H2,1-2H3. The Hall–Kier alpha value is -1.78. The van der Waals surface area contributed by atoms with Gasteiger partial charge in [0.15, 0.2) is 17.4 Å². The molecule has 1 aromatic rings. The third-order valence-corrected chi connectivity index (χ3v) is 3.28. The van der Waals surface area contributed by atoms with Crippen molar-refractivity contribution in [2.45, 2.75) is 39.2 Å². The van der Waals surface area contributed by atoms with E-state index in [9.17, 15) is 9.59 Å². The number of ketones is 1. The Bertz CT molecular complexity index is 466. The number of hydrogen-bond acceptors (Lipinski definition) is 5. The maximum Gasteiger partial charge on any atom is 0.328 e. The monoisotopic (exact) mass is 265 g/mol. The normalized spacial score (nSPS) is 19.3. The van der Waals surface area contributed by atoms with E-state index in [0.717, 1.165) is 25.8 Å². The molecular weight excluding hydrogens is 246 g/mol. The number of rotatable bonds is 4. The highest BCUT2D eigenvalue weighted by atomic mass is 16.5. The average Bonchev–Trinajstić information content (AvgIpc) is 2.88. The second kappa shape index (κ2) is 5.91. The zero-order valence-corrected chi connectivity index (χ0v) is 11.3. The van der Waals surface area contributed by atoms with Crippen LogP contribution in [0, 0.1) is 0 Å². The van der Waals surface area contributed by atoms with Crippen LogP contribution >= 0.6 is 0 Å². The lowest BCUT2D eigenvalue weighted by atomic mass is 10.0. The summed E-state index contributed by atoms with van der Waals surface area (Å²) < 4.78 is 10.6. The fraction of sp³-hybridized carbons (Fsp3) is 0.571. The van der Waals surface area contributed by atoms with Crippen LogP contribution in [0.1, 0.15) is 43.7 Å². The van der Waals surface area contributed by atoms with Gasteiger partial charge in [0.25, 0.3) is 0 Å². The second-order valence-corrected chi connectivity index (χ2v) is 4.65. The van der Waals surface area contributed by atoms with Gasteiger partial charge in [0.1, 0.15) is 6.04 Å². The second-order valence-electron chi connectivity index (χ2n) is 4.65. The molecule has 1 aliphatic heterocycles. The lowest BCUT2D eigenvalue weighted by Crippen LogP contribution is -2.45. The van der Waals surface area contributed by atoms with E-state index >= 15 is 0 Å². The van der Waals surface area contributed by atoms with Gasteiger partial charge in [-0.3, -0.25) is 4.79 Å². The van der Waals surface area contributed by atoms with Gasteiger partial charge in [-0.25, -0.2) is 4.79 Å². The van der Waals surface area contributed by atoms with Crippen LogP contribution in [0.5, 0.6) is 0 Å². The molecule has 0 saturated carbocycles. The largest absolute Gasteiger partial charge is 0.464 e. The summed E-state index contributed by atoms with van der Waals surface area (Å²) in [7, 11) is 0. The van der Waals surface area contributed by atoms with Crippen molar-refractivity contribution in [3.05, 3.63) is 17.9 Å². The van der Waals surface area contributed by atoms with Crippen molar-refractivity contribution in [2.24, 2.45) is 0 Å². The number of nitrogens with zero attached hydrogens (tertiary/aromatic N) is 1. The SMILES string of the molecule is CCOC(=O)C1CCCCN1c1ccc(C(C)=O)o1. The van der Waals surface area contributed by atoms with Crippen LogP contribution < -0.4 is 4.90 Å². The molecule has 104 valence electrons. The van der Waals surface area contributed by atoms with Gasteiger partial charge in [-0.05, 0) is 32.3 Å². The highest BCUT2D eigenvalue weighted by Gasteiger charge is 2.31. The van der Waals surface area contributed by atoms with Crippen molar-refractivity contribution in [3.8, 4) is 0 Å². The zero-order chi connectivity index (χ0) is 13.8. The fourth-order valence-electron chi connectivity index (χ4n) is 2.35. The molecule has 0 spiro atoms. The van der Waals surface area contributed by atoms with Crippen LogP contribution in [0.4, 0.5) is 5.88 Å². The van der Waals surface area contributed by atoms with Crippen molar-refractivity contribution in [3.63, 3.8) is 0 Å². The first kappa shape index (κ1) is 13.6. The molecule has 0 aromatic carbocycles. The quantitative estimate of drug-likeness (QED) is 0.618. The Morgan fingerprint density at radius 2 is 2.21 bits per heavy atom. The fourth-order valence-corrected chi connectivity index (χ4v) is 2.35.